The second kappa shape index (κ2) is 5.10. The first-order valence-electron chi connectivity index (χ1n) is 9.86. The van der Waals surface area contributed by atoms with Crippen molar-refractivity contribution in [2.75, 3.05) is 0 Å². The Hall–Kier alpha value is -0.300. The highest BCUT2D eigenvalue weighted by Gasteiger charge is 2.57. The lowest BCUT2D eigenvalue weighted by Gasteiger charge is -2.58. The number of rotatable bonds is 1. The Morgan fingerprint density at radius 2 is 1.91 bits per heavy atom. The maximum absolute atomic E-state index is 10.1. The van der Waals surface area contributed by atoms with Gasteiger partial charge in [-0.1, -0.05) is 38.8 Å². The molecule has 7 atom stereocenters. The Labute approximate surface area is 136 Å². The van der Waals surface area contributed by atoms with E-state index in [1.54, 1.807) is 5.57 Å². The molecule has 1 N–H and O–H groups in total. The first-order valence-corrected chi connectivity index (χ1v) is 9.86. The predicted molar refractivity (Wildman–Crippen MR) is 91.5 cm³/mol. The molecule has 0 spiro atoms. The summed E-state index contributed by atoms with van der Waals surface area (Å²) in [5.74, 6) is 3.77. The van der Waals surface area contributed by atoms with Crippen LogP contribution >= 0.6 is 0 Å². The van der Waals surface area contributed by atoms with Crippen LogP contribution in [0.1, 0.15) is 78.6 Å². The molecule has 1 heteroatoms. The van der Waals surface area contributed by atoms with Gasteiger partial charge in [0.1, 0.15) is 0 Å². The molecule has 4 aliphatic rings. The molecule has 0 amide bonds. The molecule has 0 aliphatic heterocycles. The largest absolute Gasteiger partial charge is 0.393 e. The monoisotopic (exact) mass is 302 g/mol. The van der Waals surface area contributed by atoms with Gasteiger partial charge in [-0.05, 0) is 85.9 Å². The van der Waals surface area contributed by atoms with Gasteiger partial charge in [-0.3, -0.25) is 0 Å². The number of aliphatic hydroxyl groups is 1. The quantitative estimate of drug-likeness (QED) is 0.648. The fourth-order valence-corrected chi connectivity index (χ4v) is 7.42. The maximum atomic E-state index is 10.1. The molecule has 4 aliphatic carbocycles. The van der Waals surface area contributed by atoms with Crippen molar-refractivity contribution >= 4 is 0 Å². The zero-order chi connectivity index (χ0) is 15.5. The molecule has 0 aromatic carbocycles. The van der Waals surface area contributed by atoms with Crippen molar-refractivity contribution in [1.82, 2.24) is 0 Å². The van der Waals surface area contributed by atoms with E-state index in [0.29, 0.717) is 10.8 Å². The van der Waals surface area contributed by atoms with Gasteiger partial charge in [-0.25, -0.2) is 0 Å². The fourth-order valence-electron chi connectivity index (χ4n) is 7.42. The van der Waals surface area contributed by atoms with Crippen molar-refractivity contribution in [3.63, 3.8) is 0 Å². The van der Waals surface area contributed by atoms with Crippen LogP contribution in [0.2, 0.25) is 0 Å². The number of hydrogen-bond donors (Lipinski definition) is 1. The van der Waals surface area contributed by atoms with Gasteiger partial charge < -0.3 is 5.11 Å². The van der Waals surface area contributed by atoms with Gasteiger partial charge in [0.25, 0.3) is 0 Å². The smallest absolute Gasteiger partial charge is 0.0577 e. The van der Waals surface area contributed by atoms with Gasteiger partial charge >= 0.3 is 0 Å². The number of aliphatic hydroxyl groups excluding tert-OH is 1. The van der Waals surface area contributed by atoms with Crippen LogP contribution in [0.25, 0.3) is 0 Å². The summed E-state index contributed by atoms with van der Waals surface area (Å²) in [6.45, 7) is 7.57. The Balaban J connectivity index is 1.66. The van der Waals surface area contributed by atoms with E-state index in [9.17, 15) is 5.11 Å². The Kier molecular flexibility index (Phi) is 3.53. The molecule has 3 saturated carbocycles. The predicted octanol–water partition coefficient (Wildman–Crippen LogP) is 5.34. The summed E-state index contributed by atoms with van der Waals surface area (Å²) in [6, 6.07) is 0. The van der Waals surface area contributed by atoms with Crippen LogP contribution in [0.15, 0.2) is 11.6 Å². The van der Waals surface area contributed by atoms with E-state index >= 15 is 0 Å². The Morgan fingerprint density at radius 1 is 1.09 bits per heavy atom. The van der Waals surface area contributed by atoms with Crippen LogP contribution in [-0.4, -0.2) is 11.2 Å². The van der Waals surface area contributed by atoms with Gasteiger partial charge in [0.15, 0.2) is 0 Å². The third kappa shape index (κ3) is 1.93. The molecular formula is C21H34O. The average Bonchev–Trinajstić information content (AvgIpc) is 2.84. The number of hydrogen-bond acceptors (Lipinski definition) is 1. The van der Waals surface area contributed by atoms with Crippen LogP contribution in [0.5, 0.6) is 0 Å². The van der Waals surface area contributed by atoms with E-state index in [1.807, 2.05) is 0 Å². The summed E-state index contributed by atoms with van der Waals surface area (Å²) in [5, 5.41) is 10.1. The molecule has 124 valence electrons. The van der Waals surface area contributed by atoms with Gasteiger partial charge in [-0.15, -0.1) is 0 Å². The topological polar surface area (TPSA) is 20.2 Å². The second-order valence-corrected chi connectivity index (χ2v) is 9.38. The summed E-state index contributed by atoms with van der Waals surface area (Å²) in [6.07, 6.45) is 14.3. The first kappa shape index (κ1) is 15.2. The van der Waals surface area contributed by atoms with Crippen molar-refractivity contribution in [2.24, 2.45) is 34.5 Å². The third-order valence-corrected chi connectivity index (χ3v) is 8.77. The normalized spacial score (nSPS) is 54.2. The molecule has 7 unspecified atom stereocenters. The SMILES string of the molecule is CCC1CCC2C3CC=C4CC(O)CCC4(C)C3CCC12C. The molecule has 0 bridgehead atoms. The highest BCUT2D eigenvalue weighted by molar-refractivity contribution is 5.25. The zero-order valence-electron chi connectivity index (χ0n) is 14.8. The Morgan fingerprint density at radius 3 is 2.68 bits per heavy atom. The average molecular weight is 303 g/mol. The van der Waals surface area contributed by atoms with E-state index in [2.05, 4.69) is 26.8 Å². The van der Waals surface area contributed by atoms with Crippen LogP contribution in [0.4, 0.5) is 0 Å². The highest BCUT2D eigenvalue weighted by Crippen LogP contribution is 2.66. The van der Waals surface area contributed by atoms with Gasteiger partial charge in [0, 0.05) is 0 Å². The van der Waals surface area contributed by atoms with Crippen molar-refractivity contribution in [3.8, 4) is 0 Å². The van der Waals surface area contributed by atoms with Crippen molar-refractivity contribution < 1.29 is 5.11 Å². The second-order valence-electron chi connectivity index (χ2n) is 9.38. The van der Waals surface area contributed by atoms with Gasteiger partial charge in [0.05, 0.1) is 6.10 Å². The molecular weight excluding hydrogens is 268 g/mol. The number of fused-ring (bicyclic) bond motifs is 5. The van der Waals surface area contributed by atoms with E-state index < -0.39 is 0 Å². The van der Waals surface area contributed by atoms with Gasteiger partial charge in [0.2, 0.25) is 0 Å². The van der Waals surface area contributed by atoms with Crippen LogP contribution < -0.4 is 0 Å². The number of allylic oxidation sites excluding steroid dienone is 1. The summed E-state index contributed by atoms with van der Waals surface area (Å²) < 4.78 is 0. The van der Waals surface area contributed by atoms with Crippen molar-refractivity contribution in [2.45, 2.75) is 84.7 Å². The lowest BCUT2D eigenvalue weighted by Crippen LogP contribution is -2.50. The molecule has 0 aromatic heterocycles. The van der Waals surface area contributed by atoms with E-state index in [1.165, 1.54) is 44.9 Å². The summed E-state index contributed by atoms with van der Waals surface area (Å²) in [7, 11) is 0. The minimum absolute atomic E-state index is 0.0688. The third-order valence-electron chi connectivity index (χ3n) is 8.77. The lowest BCUT2D eigenvalue weighted by molar-refractivity contribution is -0.0500. The maximum Gasteiger partial charge on any atom is 0.0577 e. The van der Waals surface area contributed by atoms with Crippen LogP contribution in [0.3, 0.4) is 0 Å². The molecule has 22 heavy (non-hydrogen) atoms. The molecule has 0 heterocycles. The van der Waals surface area contributed by atoms with E-state index in [0.717, 1.165) is 36.5 Å². The molecule has 3 fully saturated rings. The van der Waals surface area contributed by atoms with E-state index in [-0.39, 0.29) is 6.10 Å². The molecule has 0 radical (unpaired) electrons. The molecule has 4 rings (SSSR count). The van der Waals surface area contributed by atoms with Crippen molar-refractivity contribution in [1.29, 1.82) is 0 Å². The minimum Gasteiger partial charge on any atom is -0.393 e. The van der Waals surface area contributed by atoms with Crippen molar-refractivity contribution in [3.05, 3.63) is 11.6 Å². The standard InChI is InChI=1S/C21H34O/c1-4-14-6-8-18-17-7-5-15-13-16(22)9-11-21(15,3)19(17)10-12-20(14,18)2/h5,14,16-19,22H,4,6-13H2,1-3H3. The zero-order valence-corrected chi connectivity index (χ0v) is 14.8. The fraction of sp³-hybridized carbons (Fsp3) is 0.905. The van der Waals surface area contributed by atoms with Crippen LogP contribution in [0, 0.1) is 34.5 Å². The molecule has 0 saturated heterocycles. The Bertz CT molecular complexity index is 480. The molecule has 1 nitrogen and oxygen atoms in total. The lowest BCUT2D eigenvalue weighted by atomic mass is 9.47. The molecule has 0 aromatic rings. The summed E-state index contributed by atoms with van der Waals surface area (Å²) >= 11 is 0. The van der Waals surface area contributed by atoms with Crippen LogP contribution in [-0.2, 0) is 0 Å². The first-order chi connectivity index (χ1) is 10.5. The minimum atomic E-state index is -0.0688. The van der Waals surface area contributed by atoms with Gasteiger partial charge in [-0.2, -0.15) is 0 Å². The summed E-state index contributed by atoms with van der Waals surface area (Å²) in [4.78, 5) is 0. The summed E-state index contributed by atoms with van der Waals surface area (Å²) in [5.41, 5.74) is 2.65. The highest BCUT2D eigenvalue weighted by atomic mass is 16.3. The van der Waals surface area contributed by atoms with E-state index in [4.69, 9.17) is 0 Å².